The quantitative estimate of drug-likeness (QED) is 0.843. The van der Waals surface area contributed by atoms with Crippen LogP contribution >= 0.6 is 0 Å². The predicted octanol–water partition coefficient (Wildman–Crippen LogP) is 0.299. The van der Waals surface area contributed by atoms with Crippen molar-refractivity contribution in [1.82, 2.24) is 10.2 Å². The number of imide groups is 1. The molecule has 116 valence electrons. The Balaban J connectivity index is 1.64. The first kappa shape index (κ1) is 14.8. The summed E-state index contributed by atoms with van der Waals surface area (Å²) in [6.07, 6.45) is 3.19. The highest BCUT2D eigenvalue weighted by Gasteiger charge is 2.35. The summed E-state index contributed by atoms with van der Waals surface area (Å²) in [5, 5.41) is 2.68. The molecule has 3 rings (SSSR count). The van der Waals surface area contributed by atoms with Gasteiger partial charge >= 0.3 is 6.03 Å². The molecule has 0 aromatic heterocycles. The van der Waals surface area contributed by atoms with Gasteiger partial charge in [0.1, 0.15) is 0 Å². The Hall–Kier alpha value is -2.14. The highest BCUT2D eigenvalue weighted by molar-refractivity contribution is 5.97. The third-order valence-corrected chi connectivity index (χ3v) is 4.58. The van der Waals surface area contributed by atoms with E-state index in [4.69, 9.17) is 0 Å². The molecule has 0 radical (unpaired) electrons. The largest absolute Gasteiger partial charge is 0.336 e. The minimum absolute atomic E-state index is 0.0680. The van der Waals surface area contributed by atoms with Crippen molar-refractivity contribution in [2.75, 3.05) is 26.2 Å². The van der Waals surface area contributed by atoms with Crippen LogP contribution in [0.25, 0.3) is 5.57 Å². The fourth-order valence-electron chi connectivity index (χ4n) is 3.15. The van der Waals surface area contributed by atoms with Gasteiger partial charge in [0.15, 0.2) is 6.04 Å². The summed E-state index contributed by atoms with van der Waals surface area (Å²) in [6, 6.07) is 9.93. The second-order valence-electron chi connectivity index (χ2n) is 5.90. The molecule has 2 atom stereocenters. The summed E-state index contributed by atoms with van der Waals surface area (Å²) in [5.41, 5.74) is 2.61. The first-order chi connectivity index (χ1) is 10.7. The van der Waals surface area contributed by atoms with Crippen molar-refractivity contribution < 1.29 is 14.5 Å². The van der Waals surface area contributed by atoms with Crippen LogP contribution in [0.15, 0.2) is 36.4 Å². The van der Waals surface area contributed by atoms with Crippen LogP contribution in [-0.4, -0.2) is 49.1 Å². The number of urea groups is 1. The normalized spacial score (nSPS) is 23.0. The van der Waals surface area contributed by atoms with Crippen molar-refractivity contribution in [2.24, 2.45) is 0 Å². The molecule has 1 unspecified atom stereocenters. The molecule has 2 heterocycles. The van der Waals surface area contributed by atoms with Gasteiger partial charge in [0.05, 0.1) is 13.1 Å². The molecule has 5 heteroatoms. The molecule has 1 aromatic rings. The summed E-state index contributed by atoms with van der Waals surface area (Å²) in [6.45, 7) is 4.71. The van der Waals surface area contributed by atoms with E-state index >= 15 is 0 Å². The van der Waals surface area contributed by atoms with Gasteiger partial charge in [0.25, 0.3) is 5.91 Å². The molecule has 0 aliphatic carbocycles. The van der Waals surface area contributed by atoms with Crippen molar-refractivity contribution in [1.29, 1.82) is 0 Å². The summed E-state index contributed by atoms with van der Waals surface area (Å²) in [7, 11) is 0. The van der Waals surface area contributed by atoms with E-state index in [1.165, 1.54) is 20.9 Å². The van der Waals surface area contributed by atoms with Crippen molar-refractivity contribution >= 4 is 17.5 Å². The summed E-state index contributed by atoms with van der Waals surface area (Å²) in [4.78, 5) is 26.6. The Morgan fingerprint density at radius 2 is 2.09 bits per heavy atom. The molecule has 5 nitrogen and oxygen atoms in total. The smallest absolute Gasteiger partial charge is 0.324 e. The molecule has 2 N–H and O–H groups in total. The highest BCUT2D eigenvalue weighted by Crippen LogP contribution is 2.18. The van der Waals surface area contributed by atoms with E-state index in [1.807, 2.05) is 25.1 Å². The Morgan fingerprint density at radius 1 is 1.32 bits per heavy atom. The maximum Gasteiger partial charge on any atom is 0.324 e. The fourth-order valence-corrected chi connectivity index (χ4v) is 3.15. The van der Waals surface area contributed by atoms with E-state index in [0.717, 1.165) is 19.5 Å². The van der Waals surface area contributed by atoms with Crippen molar-refractivity contribution in [3.63, 3.8) is 0 Å². The van der Waals surface area contributed by atoms with Gasteiger partial charge in [-0.3, -0.25) is 9.69 Å². The minimum Gasteiger partial charge on any atom is -0.336 e. The van der Waals surface area contributed by atoms with Gasteiger partial charge in [-0.1, -0.05) is 30.3 Å². The maximum atomic E-state index is 12.4. The topological polar surface area (TPSA) is 53.9 Å². The van der Waals surface area contributed by atoms with E-state index in [2.05, 4.69) is 23.5 Å². The fraction of sp³-hybridized carbons (Fsp3) is 0.412. The van der Waals surface area contributed by atoms with E-state index < -0.39 is 0 Å². The third kappa shape index (κ3) is 2.90. The lowest BCUT2D eigenvalue weighted by atomic mass is 9.99. The summed E-state index contributed by atoms with van der Waals surface area (Å²) < 4.78 is 0. The maximum absolute atomic E-state index is 12.4. The number of hydrogen-bond acceptors (Lipinski definition) is 2. The Kier molecular flexibility index (Phi) is 4.24. The van der Waals surface area contributed by atoms with E-state index in [9.17, 15) is 9.59 Å². The monoisotopic (exact) mass is 300 g/mol. The van der Waals surface area contributed by atoms with Crippen LogP contribution in [0.2, 0.25) is 0 Å². The third-order valence-electron chi connectivity index (χ3n) is 4.58. The number of rotatable bonds is 3. The zero-order valence-electron chi connectivity index (χ0n) is 12.8. The first-order valence-electron chi connectivity index (χ1n) is 7.85. The van der Waals surface area contributed by atoms with Gasteiger partial charge in [0, 0.05) is 19.5 Å². The standard InChI is InChI=1S/C17H21N3O2/c1-13(16(21)20-12-9-18-17(20)22)19-10-7-15(8-11-19)14-5-3-2-4-6-14/h2-7,13H,8-12H2,1H3,(H,18,22)/p+1/t13-/m1/s1. The van der Waals surface area contributed by atoms with Gasteiger partial charge in [-0.25, -0.2) is 4.79 Å². The number of benzene rings is 1. The summed E-state index contributed by atoms with van der Waals surface area (Å²) in [5.74, 6) is -0.0680. The predicted molar refractivity (Wildman–Crippen MR) is 84.3 cm³/mol. The Bertz CT molecular complexity index is 597. The number of amides is 3. The second-order valence-corrected chi connectivity index (χ2v) is 5.90. The van der Waals surface area contributed by atoms with Crippen LogP contribution in [0, 0.1) is 0 Å². The van der Waals surface area contributed by atoms with E-state index in [-0.39, 0.29) is 18.0 Å². The summed E-state index contributed by atoms with van der Waals surface area (Å²) >= 11 is 0. The molecule has 0 spiro atoms. The molecule has 22 heavy (non-hydrogen) atoms. The number of nitrogens with zero attached hydrogens (tertiary/aromatic N) is 1. The van der Waals surface area contributed by atoms with Crippen LogP contribution in [-0.2, 0) is 4.79 Å². The number of nitrogens with one attached hydrogen (secondary N) is 2. The van der Waals surface area contributed by atoms with Gasteiger partial charge in [-0.2, -0.15) is 0 Å². The first-order valence-corrected chi connectivity index (χ1v) is 7.85. The van der Waals surface area contributed by atoms with Crippen LogP contribution < -0.4 is 10.2 Å². The van der Waals surface area contributed by atoms with Crippen molar-refractivity contribution in [2.45, 2.75) is 19.4 Å². The lowest BCUT2D eigenvalue weighted by Gasteiger charge is -2.29. The number of carbonyl (C=O) groups is 2. The van der Waals surface area contributed by atoms with Gasteiger partial charge < -0.3 is 10.2 Å². The van der Waals surface area contributed by atoms with Crippen LogP contribution in [0.3, 0.4) is 0 Å². The molecule has 1 saturated heterocycles. The zero-order valence-corrected chi connectivity index (χ0v) is 12.8. The minimum atomic E-state index is -0.256. The number of quaternary nitrogens is 1. The lowest BCUT2D eigenvalue weighted by Crippen LogP contribution is -3.17. The van der Waals surface area contributed by atoms with E-state index in [0.29, 0.717) is 13.1 Å². The average molecular weight is 300 g/mol. The van der Waals surface area contributed by atoms with Crippen LogP contribution in [0.5, 0.6) is 0 Å². The van der Waals surface area contributed by atoms with Crippen LogP contribution in [0.1, 0.15) is 18.9 Å². The molecule has 2 aliphatic rings. The number of carbonyl (C=O) groups excluding carboxylic acids is 2. The molecule has 0 saturated carbocycles. The van der Waals surface area contributed by atoms with Crippen LogP contribution in [0.4, 0.5) is 4.79 Å². The zero-order chi connectivity index (χ0) is 15.5. The highest BCUT2D eigenvalue weighted by atomic mass is 16.2. The molecule has 1 aromatic carbocycles. The second kappa shape index (κ2) is 6.32. The molecular formula is C17H22N3O2+. The SMILES string of the molecule is C[C@H](C(=O)N1CCNC1=O)[NH+]1CC=C(c2ccccc2)CC1. The van der Waals surface area contributed by atoms with Gasteiger partial charge in [0.2, 0.25) is 0 Å². The van der Waals surface area contributed by atoms with E-state index in [1.54, 1.807) is 0 Å². The van der Waals surface area contributed by atoms with Gasteiger partial charge in [-0.05, 0) is 24.1 Å². The Labute approximate surface area is 130 Å². The molecule has 3 amide bonds. The Morgan fingerprint density at radius 3 is 2.68 bits per heavy atom. The molecule has 1 fully saturated rings. The number of hydrogen-bond donors (Lipinski definition) is 2. The molecular weight excluding hydrogens is 278 g/mol. The lowest BCUT2D eigenvalue weighted by molar-refractivity contribution is -0.909. The average Bonchev–Trinajstić information content (AvgIpc) is 3.00. The van der Waals surface area contributed by atoms with Crippen molar-refractivity contribution in [3.05, 3.63) is 42.0 Å². The van der Waals surface area contributed by atoms with Gasteiger partial charge in [-0.15, -0.1) is 0 Å². The molecule has 2 aliphatic heterocycles. The van der Waals surface area contributed by atoms with Crippen molar-refractivity contribution in [3.8, 4) is 0 Å². The molecule has 0 bridgehead atoms.